The first-order valence-electron chi connectivity index (χ1n) is 11.1. The topological polar surface area (TPSA) is 75.9 Å². The maximum absolute atomic E-state index is 6.01. The van der Waals surface area contributed by atoms with E-state index in [0.29, 0.717) is 25.7 Å². The van der Waals surface area contributed by atoms with E-state index < -0.39 is 0 Å². The molecule has 0 amide bonds. The minimum atomic E-state index is 0. The first-order valence-corrected chi connectivity index (χ1v) is 11.1. The van der Waals surface area contributed by atoms with E-state index in [1.54, 1.807) is 6.20 Å². The molecule has 2 N–H and O–H groups in total. The van der Waals surface area contributed by atoms with Gasteiger partial charge in [-0.05, 0) is 50.6 Å². The molecule has 1 aromatic carbocycles. The van der Waals surface area contributed by atoms with Crippen molar-refractivity contribution in [3.8, 4) is 5.75 Å². The fourth-order valence-electron chi connectivity index (χ4n) is 3.61. The van der Waals surface area contributed by atoms with Crippen LogP contribution in [0.1, 0.15) is 31.0 Å². The van der Waals surface area contributed by atoms with Crippen LogP contribution in [0, 0.1) is 0 Å². The van der Waals surface area contributed by atoms with Gasteiger partial charge >= 0.3 is 0 Å². The van der Waals surface area contributed by atoms with Gasteiger partial charge in [0.1, 0.15) is 12.4 Å². The second kappa shape index (κ2) is 14.3. The molecule has 3 rings (SSSR count). The molecule has 1 saturated heterocycles. The first-order chi connectivity index (χ1) is 15.2. The third-order valence-electron chi connectivity index (χ3n) is 5.55. The number of aryl methyl sites for hydroxylation is 1. The molecule has 0 bridgehead atoms. The van der Waals surface area contributed by atoms with Gasteiger partial charge in [0.15, 0.2) is 5.96 Å². The Kier molecular flexibility index (Phi) is 11.8. The number of benzene rings is 1. The third-order valence-corrected chi connectivity index (χ3v) is 5.55. The SMILES string of the molecule is CCNC(=NCc1cccc(OCCN(C)C2CCOCC2)c1)NCc1ccnn1C.I. The molecular formula is C23H37IN6O2. The summed E-state index contributed by atoms with van der Waals surface area (Å²) in [5, 5.41) is 10.8. The van der Waals surface area contributed by atoms with E-state index in [1.165, 1.54) is 0 Å². The van der Waals surface area contributed by atoms with Crippen molar-refractivity contribution in [1.29, 1.82) is 0 Å². The number of likely N-dealkylation sites (N-methyl/N-ethyl adjacent to an activating group) is 1. The summed E-state index contributed by atoms with van der Waals surface area (Å²) in [5.74, 6) is 1.68. The van der Waals surface area contributed by atoms with Crippen LogP contribution < -0.4 is 15.4 Å². The van der Waals surface area contributed by atoms with Gasteiger partial charge in [-0.15, -0.1) is 24.0 Å². The average Bonchev–Trinajstić information content (AvgIpc) is 3.21. The predicted molar refractivity (Wildman–Crippen MR) is 139 cm³/mol. The Bertz CT molecular complexity index is 822. The zero-order valence-corrected chi connectivity index (χ0v) is 21.7. The smallest absolute Gasteiger partial charge is 0.191 e. The standard InChI is InChI=1S/C23H36N6O2.HI/c1-4-24-23(26-18-21-8-11-27-29(21)3)25-17-19-6-5-7-22(16-19)31-15-12-28(2)20-9-13-30-14-10-20;/h5-8,11,16,20H,4,9-10,12-15,17-18H2,1-3H3,(H2,24,25,26);1H. The van der Waals surface area contributed by atoms with E-state index >= 15 is 0 Å². The van der Waals surface area contributed by atoms with E-state index in [0.717, 1.165) is 62.1 Å². The lowest BCUT2D eigenvalue weighted by Gasteiger charge is -2.31. The molecule has 0 aliphatic carbocycles. The largest absolute Gasteiger partial charge is 0.492 e. The minimum absolute atomic E-state index is 0. The Hall–Kier alpha value is -1.85. The summed E-state index contributed by atoms with van der Waals surface area (Å²) in [4.78, 5) is 7.09. The van der Waals surface area contributed by atoms with Crippen molar-refractivity contribution >= 4 is 29.9 Å². The zero-order chi connectivity index (χ0) is 21.9. The number of halogens is 1. The van der Waals surface area contributed by atoms with Crippen LogP contribution >= 0.6 is 24.0 Å². The van der Waals surface area contributed by atoms with Crippen molar-refractivity contribution in [2.24, 2.45) is 12.0 Å². The van der Waals surface area contributed by atoms with Crippen LogP contribution in [0.15, 0.2) is 41.5 Å². The zero-order valence-electron chi connectivity index (χ0n) is 19.4. The molecule has 32 heavy (non-hydrogen) atoms. The monoisotopic (exact) mass is 556 g/mol. The molecular weight excluding hydrogens is 519 g/mol. The van der Waals surface area contributed by atoms with Crippen molar-refractivity contribution in [3.05, 3.63) is 47.8 Å². The van der Waals surface area contributed by atoms with E-state index in [2.05, 4.69) is 46.7 Å². The van der Waals surface area contributed by atoms with Crippen LogP contribution in [-0.2, 0) is 24.9 Å². The molecule has 0 unspecified atom stereocenters. The number of hydrogen-bond acceptors (Lipinski definition) is 5. The number of ether oxygens (including phenoxy) is 2. The molecule has 1 fully saturated rings. The van der Waals surface area contributed by atoms with Crippen molar-refractivity contribution < 1.29 is 9.47 Å². The number of nitrogens with one attached hydrogen (secondary N) is 2. The predicted octanol–water partition coefficient (Wildman–Crippen LogP) is 2.78. The highest BCUT2D eigenvalue weighted by molar-refractivity contribution is 14.0. The van der Waals surface area contributed by atoms with Crippen LogP contribution in [0.3, 0.4) is 0 Å². The van der Waals surface area contributed by atoms with Crippen molar-refractivity contribution in [2.75, 3.05) is 40.0 Å². The van der Waals surface area contributed by atoms with Gasteiger partial charge in [-0.25, -0.2) is 4.99 Å². The van der Waals surface area contributed by atoms with Crippen LogP contribution in [0.25, 0.3) is 0 Å². The fraction of sp³-hybridized carbons (Fsp3) is 0.565. The lowest BCUT2D eigenvalue weighted by Crippen LogP contribution is -2.38. The van der Waals surface area contributed by atoms with E-state index in [4.69, 9.17) is 14.5 Å². The van der Waals surface area contributed by atoms with E-state index in [-0.39, 0.29) is 24.0 Å². The Morgan fingerprint density at radius 2 is 2.09 bits per heavy atom. The highest BCUT2D eigenvalue weighted by atomic mass is 127. The number of hydrogen-bond donors (Lipinski definition) is 2. The maximum atomic E-state index is 6.01. The second-order valence-electron chi connectivity index (χ2n) is 7.81. The Morgan fingerprint density at radius 3 is 2.81 bits per heavy atom. The summed E-state index contributed by atoms with van der Waals surface area (Å²) in [5.41, 5.74) is 2.22. The Morgan fingerprint density at radius 1 is 1.28 bits per heavy atom. The lowest BCUT2D eigenvalue weighted by atomic mass is 10.1. The number of rotatable bonds is 10. The highest BCUT2D eigenvalue weighted by Crippen LogP contribution is 2.15. The molecule has 0 radical (unpaired) electrons. The van der Waals surface area contributed by atoms with E-state index in [9.17, 15) is 0 Å². The van der Waals surface area contributed by atoms with Crippen LogP contribution in [0.4, 0.5) is 0 Å². The Balaban J connectivity index is 0.00000363. The normalized spacial score (nSPS) is 14.8. The number of aliphatic imine (C=N–C) groups is 1. The summed E-state index contributed by atoms with van der Waals surface area (Å²) in [6.45, 7) is 7.44. The second-order valence-corrected chi connectivity index (χ2v) is 7.81. The molecule has 0 saturated carbocycles. The summed E-state index contributed by atoms with van der Waals surface area (Å²) in [6, 6.07) is 10.8. The van der Waals surface area contributed by atoms with Gasteiger partial charge in [0.2, 0.25) is 0 Å². The van der Waals surface area contributed by atoms with Crippen molar-refractivity contribution in [1.82, 2.24) is 25.3 Å². The number of nitrogens with zero attached hydrogens (tertiary/aromatic N) is 4. The van der Waals surface area contributed by atoms with Crippen LogP contribution in [0.2, 0.25) is 0 Å². The molecule has 178 valence electrons. The molecule has 1 aliphatic heterocycles. The summed E-state index contributed by atoms with van der Waals surface area (Å²) in [6.07, 6.45) is 4.01. The van der Waals surface area contributed by atoms with Gasteiger partial charge in [-0.3, -0.25) is 9.58 Å². The Labute approximate surface area is 208 Å². The van der Waals surface area contributed by atoms with Crippen LogP contribution in [0.5, 0.6) is 5.75 Å². The lowest BCUT2D eigenvalue weighted by molar-refractivity contribution is 0.0392. The number of guanidine groups is 1. The highest BCUT2D eigenvalue weighted by Gasteiger charge is 2.17. The fourth-order valence-corrected chi connectivity index (χ4v) is 3.61. The van der Waals surface area contributed by atoms with Gasteiger partial charge in [0, 0.05) is 45.6 Å². The molecule has 1 aliphatic rings. The minimum Gasteiger partial charge on any atom is -0.492 e. The molecule has 1 aromatic heterocycles. The van der Waals surface area contributed by atoms with Gasteiger partial charge < -0.3 is 20.1 Å². The molecule has 8 nitrogen and oxygen atoms in total. The quantitative estimate of drug-likeness (QED) is 0.267. The first kappa shape index (κ1) is 26.4. The molecule has 0 spiro atoms. The van der Waals surface area contributed by atoms with Gasteiger partial charge in [-0.1, -0.05) is 12.1 Å². The van der Waals surface area contributed by atoms with Crippen molar-refractivity contribution in [3.63, 3.8) is 0 Å². The van der Waals surface area contributed by atoms with Gasteiger partial charge in [0.05, 0.1) is 18.8 Å². The van der Waals surface area contributed by atoms with Gasteiger partial charge in [0.25, 0.3) is 0 Å². The summed E-state index contributed by atoms with van der Waals surface area (Å²) in [7, 11) is 4.11. The summed E-state index contributed by atoms with van der Waals surface area (Å²) >= 11 is 0. The van der Waals surface area contributed by atoms with Crippen LogP contribution in [-0.4, -0.2) is 66.6 Å². The maximum Gasteiger partial charge on any atom is 0.191 e. The average molecular weight is 556 g/mol. The van der Waals surface area contributed by atoms with E-state index in [1.807, 2.05) is 29.9 Å². The molecule has 2 aromatic rings. The van der Waals surface area contributed by atoms with Crippen molar-refractivity contribution in [2.45, 2.75) is 38.9 Å². The third kappa shape index (κ3) is 8.59. The molecule has 0 atom stereocenters. The van der Waals surface area contributed by atoms with Gasteiger partial charge in [-0.2, -0.15) is 5.10 Å². The number of aromatic nitrogens is 2. The molecule has 2 heterocycles. The molecule has 9 heteroatoms. The summed E-state index contributed by atoms with van der Waals surface area (Å²) < 4.78 is 13.3.